The van der Waals surface area contributed by atoms with Gasteiger partial charge in [0.25, 0.3) is 0 Å². The first-order valence-electron chi connectivity index (χ1n) is 6.86. The van der Waals surface area contributed by atoms with Crippen LogP contribution >= 0.6 is 15.9 Å². The van der Waals surface area contributed by atoms with Crippen LogP contribution in [-0.2, 0) is 9.53 Å². The first-order valence-corrected chi connectivity index (χ1v) is 7.77. The molecule has 0 aromatic rings. The molecule has 0 heterocycles. The lowest BCUT2D eigenvalue weighted by Gasteiger charge is -2.44. The summed E-state index contributed by atoms with van der Waals surface area (Å²) in [5, 5.41) is 0. The fraction of sp³-hybridized carbons (Fsp3) is 0.688. The molecule has 1 rings (SSSR count). The number of carbonyl (C=O) groups is 1. The average molecular weight is 329 g/mol. The molecule has 1 saturated carbocycles. The van der Waals surface area contributed by atoms with Gasteiger partial charge in [-0.25, -0.2) is 4.79 Å². The molecule has 3 heteroatoms. The van der Waals surface area contributed by atoms with Gasteiger partial charge in [-0.2, -0.15) is 0 Å². The zero-order valence-electron chi connectivity index (χ0n) is 12.5. The molecule has 1 fully saturated rings. The van der Waals surface area contributed by atoms with Crippen molar-refractivity contribution in [1.29, 1.82) is 0 Å². The van der Waals surface area contributed by atoms with Crippen LogP contribution < -0.4 is 0 Å². The van der Waals surface area contributed by atoms with E-state index in [1.54, 1.807) is 6.08 Å². The van der Waals surface area contributed by atoms with Crippen molar-refractivity contribution >= 4 is 21.9 Å². The summed E-state index contributed by atoms with van der Waals surface area (Å²) in [7, 11) is 1.41. The van der Waals surface area contributed by atoms with Gasteiger partial charge in [-0.1, -0.05) is 47.5 Å². The Morgan fingerprint density at radius 3 is 2.79 bits per heavy atom. The summed E-state index contributed by atoms with van der Waals surface area (Å²) in [6.45, 7) is 10.8. The molecule has 0 spiro atoms. The molecule has 0 bridgehead atoms. The Balaban J connectivity index is 2.67. The highest BCUT2D eigenvalue weighted by Crippen LogP contribution is 2.48. The summed E-state index contributed by atoms with van der Waals surface area (Å²) in [6, 6.07) is 0. The topological polar surface area (TPSA) is 26.3 Å². The number of hydrogen-bond donors (Lipinski definition) is 0. The van der Waals surface area contributed by atoms with Gasteiger partial charge < -0.3 is 4.74 Å². The van der Waals surface area contributed by atoms with Crippen molar-refractivity contribution in [3.63, 3.8) is 0 Å². The van der Waals surface area contributed by atoms with Crippen LogP contribution in [0.25, 0.3) is 0 Å². The second-order valence-corrected chi connectivity index (χ2v) is 7.20. The van der Waals surface area contributed by atoms with Crippen molar-refractivity contribution in [2.24, 2.45) is 11.3 Å². The minimum Gasteiger partial charge on any atom is -0.466 e. The van der Waals surface area contributed by atoms with E-state index in [1.807, 2.05) is 6.92 Å². The zero-order valence-corrected chi connectivity index (χ0v) is 14.0. The molecule has 0 radical (unpaired) electrons. The number of hydrogen-bond acceptors (Lipinski definition) is 2. The van der Waals surface area contributed by atoms with E-state index in [0.717, 1.165) is 24.8 Å². The van der Waals surface area contributed by atoms with Crippen molar-refractivity contribution in [3.8, 4) is 0 Å². The van der Waals surface area contributed by atoms with Crippen molar-refractivity contribution in [1.82, 2.24) is 0 Å². The average Bonchev–Trinajstić information content (AvgIpc) is 2.33. The minimum atomic E-state index is -0.266. The number of halogens is 1. The maximum atomic E-state index is 11.2. The Morgan fingerprint density at radius 1 is 1.58 bits per heavy atom. The largest absolute Gasteiger partial charge is 0.466 e. The van der Waals surface area contributed by atoms with Gasteiger partial charge in [0.05, 0.1) is 7.11 Å². The molecule has 0 N–H and O–H groups in total. The molecular formula is C16H25BrO2. The molecule has 0 aliphatic heterocycles. The molecule has 0 aromatic carbocycles. The number of ether oxygens (including phenoxy) is 1. The van der Waals surface area contributed by atoms with Gasteiger partial charge in [-0.05, 0) is 43.9 Å². The van der Waals surface area contributed by atoms with Crippen molar-refractivity contribution in [3.05, 3.63) is 23.8 Å². The standard InChI is InChI=1S/C16H25BrO2/c1-11(10-15(18)19-5)6-8-13-12(2)7-9-14(17)16(13,3)4/h10,13-14H,2,6-9H2,1,3-5H3/b11-10+/t13?,14-/m0/s1. The number of rotatable bonds is 4. The first-order chi connectivity index (χ1) is 8.78. The van der Waals surface area contributed by atoms with E-state index in [4.69, 9.17) is 0 Å². The third kappa shape index (κ3) is 4.20. The maximum absolute atomic E-state index is 11.2. The van der Waals surface area contributed by atoms with Crippen LogP contribution in [0.4, 0.5) is 0 Å². The Hall–Kier alpha value is -0.570. The second kappa shape index (κ2) is 6.74. The Kier molecular flexibility index (Phi) is 5.84. The van der Waals surface area contributed by atoms with Gasteiger partial charge >= 0.3 is 5.97 Å². The van der Waals surface area contributed by atoms with Crippen LogP contribution in [-0.4, -0.2) is 17.9 Å². The van der Waals surface area contributed by atoms with Crippen molar-refractivity contribution in [2.75, 3.05) is 7.11 Å². The second-order valence-electron chi connectivity index (χ2n) is 6.09. The number of allylic oxidation sites excluding steroid dienone is 2. The van der Waals surface area contributed by atoms with E-state index in [-0.39, 0.29) is 11.4 Å². The van der Waals surface area contributed by atoms with Gasteiger partial charge in [0.2, 0.25) is 0 Å². The number of carbonyl (C=O) groups excluding carboxylic acids is 1. The van der Waals surface area contributed by atoms with Crippen LogP contribution in [0.1, 0.15) is 46.5 Å². The van der Waals surface area contributed by atoms with E-state index in [1.165, 1.54) is 19.1 Å². The summed E-state index contributed by atoms with van der Waals surface area (Å²) in [4.78, 5) is 11.7. The predicted molar refractivity (Wildman–Crippen MR) is 83.4 cm³/mol. The highest BCUT2D eigenvalue weighted by atomic mass is 79.9. The van der Waals surface area contributed by atoms with Gasteiger partial charge in [0, 0.05) is 10.9 Å². The summed E-state index contributed by atoms with van der Waals surface area (Å²) < 4.78 is 4.65. The van der Waals surface area contributed by atoms with E-state index in [2.05, 4.69) is 41.1 Å². The Morgan fingerprint density at radius 2 is 2.21 bits per heavy atom. The lowest BCUT2D eigenvalue weighted by molar-refractivity contribution is -0.134. The lowest BCUT2D eigenvalue weighted by Crippen LogP contribution is -2.38. The highest BCUT2D eigenvalue weighted by Gasteiger charge is 2.40. The Bertz CT molecular complexity index is 382. The summed E-state index contributed by atoms with van der Waals surface area (Å²) in [5.74, 6) is 0.240. The maximum Gasteiger partial charge on any atom is 0.330 e. The highest BCUT2D eigenvalue weighted by molar-refractivity contribution is 9.09. The molecule has 19 heavy (non-hydrogen) atoms. The molecule has 0 amide bonds. The van der Waals surface area contributed by atoms with Gasteiger partial charge in [-0.3, -0.25) is 0 Å². The van der Waals surface area contributed by atoms with Crippen LogP contribution in [0.2, 0.25) is 0 Å². The van der Waals surface area contributed by atoms with E-state index >= 15 is 0 Å². The fourth-order valence-electron chi connectivity index (χ4n) is 2.88. The number of esters is 1. The van der Waals surface area contributed by atoms with Gasteiger partial charge in [-0.15, -0.1) is 0 Å². The third-order valence-corrected chi connectivity index (χ3v) is 5.95. The number of alkyl halides is 1. The molecular weight excluding hydrogens is 304 g/mol. The van der Waals surface area contributed by atoms with Crippen LogP contribution in [0.3, 0.4) is 0 Å². The summed E-state index contributed by atoms with van der Waals surface area (Å²) in [6.07, 6.45) is 5.82. The normalized spacial score (nSPS) is 27.2. The van der Waals surface area contributed by atoms with E-state index in [0.29, 0.717) is 10.7 Å². The molecule has 1 aliphatic carbocycles. The van der Waals surface area contributed by atoms with E-state index in [9.17, 15) is 4.79 Å². The van der Waals surface area contributed by atoms with Crippen molar-refractivity contribution in [2.45, 2.75) is 51.3 Å². The predicted octanol–water partition coefficient (Wildman–Crippen LogP) is 4.64. The Labute approximate surface area is 125 Å². The first kappa shape index (κ1) is 16.5. The minimum absolute atomic E-state index is 0.223. The quantitative estimate of drug-likeness (QED) is 0.325. The molecule has 1 unspecified atom stereocenters. The third-order valence-electron chi connectivity index (χ3n) is 4.31. The van der Waals surface area contributed by atoms with Crippen LogP contribution in [0.5, 0.6) is 0 Å². The lowest BCUT2D eigenvalue weighted by atomic mass is 9.65. The van der Waals surface area contributed by atoms with Gasteiger partial charge in [0.1, 0.15) is 0 Å². The summed E-state index contributed by atoms with van der Waals surface area (Å²) >= 11 is 3.81. The monoisotopic (exact) mass is 328 g/mol. The molecule has 2 atom stereocenters. The van der Waals surface area contributed by atoms with Crippen molar-refractivity contribution < 1.29 is 9.53 Å². The van der Waals surface area contributed by atoms with Crippen LogP contribution in [0.15, 0.2) is 23.8 Å². The molecule has 108 valence electrons. The van der Waals surface area contributed by atoms with E-state index < -0.39 is 0 Å². The summed E-state index contributed by atoms with van der Waals surface area (Å²) in [5.41, 5.74) is 2.65. The smallest absolute Gasteiger partial charge is 0.330 e. The molecule has 0 aromatic heterocycles. The number of methoxy groups -OCH3 is 1. The molecule has 1 aliphatic rings. The van der Waals surface area contributed by atoms with Crippen LogP contribution in [0, 0.1) is 11.3 Å². The molecule has 0 saturated heterocycles. The molecule has 2 nitrogen and oxygen atoms in total. The zero-order chi connectivity index (χ0) is 14.6. The SMILES string of the molecule is C=C1CC[C@H](Br)C(C)(C)C1CC/C(C)=C/C(=O)OC. The van der Waals surface area contributed by atoms with Gasteiger partial charge in [0.15, 0.2) is 0 Å². The fourth-order valence-corrected chi connectivity index (χ4v) is 3.43.